The molecule has 262 valence electrons. The minimum atomic E-state index is 1.12. The Morgan fingerprint density at radius 1 is 0.321 bits per heavy atom. The van der Waals surface area contributed by atoms with Crippen LogP contribution in [-0.4, -0.2) is 0 Å². The average molecular weight is 730 g/mol. The number of thiophene rings is 1. The first kappa shape index (κ1) is 32.4. The third-order valence-corrected chi connectivity index (χ3v) is 12.4. The van der Waals surface area contributed by atoms with Gasteiger partial charge in [0, 0.05) is 36.9 Å². The molecule has 11 rings (SSSR count). The van der Waals surface area contributed by atoms with Crippen LogP contribution in [0, 0.1) is 0 Å². The number of rotatable bonds is 6. The van der Waals surface area contributed by atoms with Crippen molar-refractivity contribution in [2.45, 2.75) is 0 Å². The molecule has 0 amide bonds. The lowest BCUT2D eigenvalue weighted by Gasteiger charge is -2.27. The molecule has 11 aromatic rings. The van der Waals surface area contributed by atoms with Crippen LogP contribution in [0.2, 0.25) is 0 Å². The topological polar surface area (TPSA) is 3.24 Å². The van der Waals surface area contributed by atoms with Crippen LogP contribution in [0.4, 0.5) is 17.1 Å². The van der Waals surface area contributed by atoms with Crippen LogP contribution in [0.1, 0.15) is 0 Å². The van der Waals surface area contributed by atoms with Gasteiger partial charge in [-0.15, -0.1) is 11.3 Å². The van der Waals surface area contributed by atoms with E-state index >= 15 is 0 Å². The number of fused-ring (bicyclic) bond motifs is 7. The van der Waals surface area contributed by atoms with E-state index in [1.54, 1.807) is 0 Å². The fourth-order valence-electron chi connectivity index (χ4n) is 8.55. The highest BCUT2D eigenvalue weighted by molar-refractivity contribution is 7.26. The Balaban J connectivity index is 1.15. The van der Waals surface area contributed by atoms with Crippen molar-refractivity contribution < 1.29 is 0 Å². The summed E-state index contributed by atoms with van der Waals surface area (Å²) in [5.41, 5.74) is 10.7. The third-order valence-electron chi connectivity index (χ3n) is 11.2. The Morgan fingerprint density at radius 2 is 0.929 bits per heavy atom. The van der Waals surface area contributed by atoms with Crippen molar-refractivity contribution >= 4 is 80.9 Å². The maximum atomic E-state index is 2.47. The number of hydrogen-bond acceptors (Lipinski definition) is 2. The van der Waals surface area contributed by atoms with Crippen molar-refractivity contribution in [3.63, 3.8) is 0 Å². The fraction of sp³-hybridized carbons (Fsp3) is 0. The third kappa shape index (κ3) is 5.46. The molecule has 1 aromatic heterocycles. The van der Waals surface area contributed by atoms with E-state index < -0.39 is 0 Å². The Bertz CT molecular complexity index is 3240. The lowest BCUT2D eigenvalue weighted by atomic mass is 9.92. The summed E-state index contributed by atoms with van der Waals surface area (Å²) < 4.78 is 2.59. The maximum absolute atomic E-state index is 2.47. The Hall–Kier alpha value is -7.00. The highest BCUT2D eigenvalue weighted by Crippen LogP contribution is 2.49. The molecular weight excluding hydrogens is 695 g/mol. The Morgan fingerprint density at radius 3 is 1.77 bits per heavy atom. The summed E-state index contributed by atoms with van der Waals surface area (Å²) in [7, 11) is 0. The molecule has 0 saturated heterocycles. The van der Waals surface area contributed by atoms with Crippen LogP contribution in [-0.2, 0) is 0 Å². The van der Waals surface area contributed by atoms with E-state index in [0.717, 1.165) is 11.4 Å². The van der Waals surface area contributed by atoms with Crippen molar-refractivity contribution in [2.24, 2.45) is 0 Å². The quantitative estimate of drug-likeness (QED) is 0.165. The van der Waals surface area contributed by atoms with Gasteiger partial charge in [0.2, 0.25) is 0 Å². The minimum Gasteiger partial charge on any atom is -0.310 e. The molecule has 0 fully saturated rings. The van der Waals surface area contributed by atoms with Crippen molar-refractivity contribution in [3.05, 3.63) is 212 Å². The molecule has 1 heterocycles. The number of hydrogen-bond donors (Lipinski definition) is 0. The van der Waals surface area contributed by atoms with Crippen LogP contribution in [0.3, 0.4) is 0 Å². The van der Waals surface area contributed by atoms with E-state index in [0.29, 0.717) is 0 Å². The molecule has 1 nitrogen and oxygen atoms in total. The van der Waals surface area contributed by atoms with E-state index in [1.165, 1.54) is 91.6 Å². The largest absolute Gasteiger partial charge is 0.310 e. The molecule has 0 N–H and O–H groups in total. The molecule has 0 aliphatic rings. The zero-order valence-corrected chi connectivity index (χ0v) is 31.4. The van der Waals surface area contributed by atoms with E-state index in [1.807, 2.05) is 11.3 Å². The molecule has 56 heavy (non-hydrogen) atoms. The van der Waals surface area contributed by atoms with Crippen LogP contribution in [0.15, 0.2) is 212 Å². The van der Waals surface area contributed by atoms with Gasteiger partial charge in [-0.05, 0) is 103 Å². The standard InChI is InChI=1S/C54H35NS/c1-2-13-36(14-3-1)38-27-29-39(30-28-38)42-19-10-20-43(33-42)55(44-32-31-37-15-4-5-17-41(37)34-44)51-25-12-26-52-53(51)50-35-49(47-22-8-9-23-48(47)54(50)56-52)46-24-11-18-40-16-6-7-21-45(40)46/h1-35H. The average Bonchev–Trinajstić information content (AvgIpc) is 3.66. The molecule has 2 heteroatoms. The molecule has 0 aliphatic heterocycles. The van der Waals surface area contributed by atoms with Gasteiger partial charge < -0.3 is 4.90 Å². The van der Waals surface area contributed by atoms with Gasteiger partial charge in [-0.25, -0.2) is 0 Å². The van der Waals surface area contributed by atoms with Crippen molar-refractivity contribution in [1.29, 1.82) is 0 Å². The molecule has 0 saturated carbocycles. The maximum Gasteiger partial charge on any atom is 0.0554 e. The predicted octanol–water partition coefficient (Wildman–Crippen LogP) is 16.0. The van der Waals surface area contributed by atoms with Gasteiger partial charge in [0.1, 0.15) is 0 Å². The first-order valence-corrected chi connectivity index (χ1v) is 20.0. The molecule has 0 unspecified atom stereocenters. The molecule has 0 radical (unpaired) electrons. The fourth-order valence-corrected chi connectivity index (χ4v) is 9.79. The van der Waals surface area contributed by atoms with E-state index in [4.69, 9.17) is 0 Å². The van der Waals surface area contributed by atoms with Gasteiger partial charge in [0.25, 0.3) is 0 Å². The van der Waals surface area contributed by atoms with Crippen LogP contribution in [0.5, 0.6) is 0 Å². The normalized spacial score (nSPS) is 11.6. The Labute approximate surface area is 330 Å². The lowest BCUT2D eigenvalue weighted by Crippen LogP contribution is -2.10. The second kappa shape index (κ2) is 13.4. The zero-order valence-electron chi connectivity index (χ0n) is 30.6. The van der Waals surface area contributed by atoms with Crippen LogP contribution < -0.4 is 4.90 Å². The molecule has 0 bridgehead atoms. The monoisotopic (exact) mass is 729 g/mol. The summed E-state index contributed by atoms with van der Waals surface area (Å²) in [4.78, 5) is 2.47. The zero-order chi connectivity index (χ0) is 37.0. The number of anilines is 3. The van der Waals surface area contributed by atoms with Gasteiger partial charge in [-0.2, -0.15) is 0 Å². The van der Waals surface area contributed by atoms with Crippen molar-refractivity contribution in [1.82, 2.24) is 0 Å². The summed E-state index contributed by atoms with van der Waals surface area (Å²) in [6, 6.07) is 77.7. The van der Waals surface area contributed by atoms with Gasteiger partial charge in [-0.1, -0.05) is 170 Å². The minimum absolute atomic E-state index is 1.12. The molecule has 0 aliphatic carbocycles. The molecular formula is C54H35NS. The Kier molecular flexibility index (Phi) is 7.75. The van der Waals surface area contributed by atoms with Gasteiger partial charge in [-0.3, -0.25) is 0 Å². The predicted molar refractivity (Wildman–Crippen MR) is 243 cm³/mol. The van der Waals surface area contributed by atoms with Gasteiger partial charge in [0.15, 0.2) is 0 Å². The second-order valence-electron chi connectivity index (χ2n) is 14.5. The lowest BCUT2D eigenvalue weighted by molar-refractivity contribution is 1.31. The number of benzene rings is 10. The second-order valence-corrected chi connectivity index (χ2v) is 15.5. The van der Waals surface area contributed by atoms with Crippen LogP contribution in [0.25, 0.3) is 85.9 Å². The van der Waals surface area contributed by atoms with E-state index in [2.05, 4.69) is 217 Å². The van der Waals surface area contributed by atoms with Crippen molar-refractivity contribution in [2.75, 3.05) is 4.90 Å². The van der Waals surface area contributed by atoms with Gasteiger partial charge >= 0.3 is 0 Å². The highest BCUT2D eigenvalue weighted by atomic mass is 32.1. The first-order chi connectivity index (χ1) is 27.8. The van der Waals surface area contributed by atoms with Gasteiger partial charge in [0.05, 0.1) is 5.69 Å². The molecule has 0 spiro atoms. The molecule has 10 aromatic carbocycles. The summed E-state index contributed by atoms with van der Waals surface area (Å²) in [6.07, 6.45) is 0. The smallest absolute Gasteiger partial charge is 0.0554 e. The van der Waals surface area contributed by atoms with Crippen LogP contribution >= 0.6 is 11.3 Å². The highest BCUT2D eigenvalue weighted by Gasteiger charge is 2.22. The van der Waals surface area contributed by atoms with E-state index in [9.17, 15) is 0 Å². The molecule has 0 atom stereocenters. The van der Waals surface area contributed by atoms with Crippen molar-refractivity contribution in [3.8, 4) is 33.4 Å². The number of nitrogens with zero attached hydrogens (tertiary/aromatic N) is 1. The SMILES string of the molecule is c1ccc(-c2ccc(-c3cccc(N(c4ccc5ccccc5c4)c4cccc5sc6c7ccccc7c(-c7cccc8ccccc78)cc6c45)c3)cc2)cc1. The first-order valence-electron chi connectivity index (χ1n) is 19.2. The summed E-state index contributed by atoms with van der Waals surface area (Å²) >= 11 is 1.90. The summed E-state index contributed by atoms with van der Waals surface area (Å²) in [6.45, 7) is 0. The summed E-state index contributed by atoms with van der Waals surface area (Å²) in [5.74, 6) is 0. The summed E-state index contributed by atoms with van der Waals surface area (Å²) in [5, 5.41) is 10.1. The van der Waals surface area contributed by atoms with E-state index in [-0.39, 0.29) is 0 Å².